The van der Waals surface area contributed by atoms with E-state index in [4.69, 9.17) is 39.5 Å². The molecule has 1 saturated heterocycles. The molecule has 0 atom stereocenters. The van der Waals surface area contributed by atoms with Gasteiger partial charge in [0, 0.05) is 29.9 Å². The lowest BCUT2D eigenvalue weighted by atomic mass is 10.1. The SMILES string of the molecule is COc1ccc(Cn2c(C(F)(F)Cl)cc(Sc3c(Cl)cccc3Cl)c(C(=O)N3Cc4nc(N5CCCN(C)C5=O)[nH]c(=O)c4C3)c2=O)cc1. The average molecular weight is 752 g/mol. The minimum atomic E-state index is -4.02. The van der Waals surface area contributed by atoms with Crippen molar-refractivity contribution in [2.45, 2.75) is 41.2 Å². The van der Waals surface area contributed by atoms with Crippen LogP contribution in [-0.4, -0.2) is 63.5 Å². The third kappa shape index (κ3) is 6.87. The Balaban J connectivity index is 1.45. The number of ether oxygens (including phenoxy) is 1. The van der Waals surface area contributed by atoms with E-state index in [1.54, 1.807) is 37.4 Å². The fraction of sp³-hybridized carbons (Fsp3) is 0.281. The van der Waals surface area contributed by atoms with E-state index in [9.17, 15) is 19.2 Å². The van der Waals surface area contributed by atoms with Gasteiger partial charge >= 0.3 is 11.4 Å². The molecule has 0 bridgehead atoms. The maximum absolute atomic E-state index is 15.0. The number of nitrogens with one attached hydrogen (secondary N) is 1. The average Bonchev–Trinajstić information content (AvgIpc) is 3.50. The number of nitrogens with zero attached hydrogens (tertiary/aromatic N) is 5. The highest BCUT2D eigenvalue weighted by Crippen LogP contribution is 2.42. The van der Waals surface area contributed by atoms with Crippen molar-refractivity contribution in [3.8, 4) is 5.75 Å². The van der Waals surface area contributed by atoms with Crippen molar-refractivity contribution in [1.29, 1.82) is 0 Å². The standard InChI is InChI=1S/C32H27Cl3F2N6O5S/c1-40-11-4-12-42(31(40)47)30-38-22-16-41(15-19(22)27(44)39-30)28(45)25-23(49-26-20(33)5-3-6-21(26)34)13-24(32(35,36)37)43(29(25)46)14-17-7-9-18(48-2)10-8-17/h3,5-10,13H,4,11-12,14-16H2,1-2H3,(H,38,39,44). The minimum Gasteiger partial charge on any atom is -0.497 e. The summed E-state index contributed by atoms with van der Waals surface area (Å²) in [6.07, 6.45) is 0.656. The van der Waals surface area contributed by atoms with Gasteiger partial charge in [-0.3, -0.25) is 24.3 Å². The van der Waals surface area contributed by atoms with Gasteiger partial charge in [-0.25, -0.2) is 9.78 Å². The molecule has 2 aliphatic heterocycles. The number of carbonyl (C=O) groups is 2. The van der Waals surface area contributed by atoms with Gasteiger partial charge in [-0.05, 0) is 53.9 Å². The summed E-state index contributed by atoms with van der Waals surface area (Å²) in [6.45, 7) is 0.112. The highest BCUT2D eigenvalue weighted by Gasteiger charge is 2.38. The Labute approximate surface area is 297 Å². The van der Waals surface area contributed by atoms with Crippen LogP contribution in [0.4, 0.5) is 19.5 Å². The highest BCUT2D eigenvalue weighted by molar-refractivity contribution is 7.99. The van der Waals surface area contributed by atoms with Crippen LogP contribution in [-0.2, 0) is 25.0 Å². The molecule has 49 heavy (non-hydrogen) atoms. The summed E-state index contributed by atoms with van der Waals surface area (Å²) in [4.78, 5) is 65.8. The van der Waals surface area contributed by atoms with E-state index >= 15 is 8.78 Å². The summed E-state index contributed by atoms with van der Waals surface area (Å²) in [7, 11) is 3.11. The zero-order chi connectivity index (χ0) is 35.2. The fourth-order valence-corrected chi connectivity index (χ4v) is 7.42. The molecule has 3 amide bonds. The number of aromatic nitrogens is 3. The van der Waals surface area contributed by atoms with E-state index in [1.807, 2.05) is 0 Å². The number of rotatable bonds is 8. The zero-order valence-corrected chi connectivity index (χ0v) is 29.0. The van der Waals surface area contributed by atoms with Crippen molar-refractivity contribution in [3.63, 3.8) is 0 Å². The first-order chi connectivity index (χ1) is 23.3. The maximum Gasteiger partial charge on any atom is 0.363 e. The van der Waals surface area contributed by atoms with Crippen LogP contribution < -0.4 is 20.8 Å². The van der Waals surface area contributed by atoms with Crippen molar-refractivity contribution >= 4 is 64.5 Å². The lowest BCUT2D eigenvalue weighted by Crippen LogP contribution is -2.48. The minimum absolute atomic E-state index is 0.0368. The number of fused-ring (bicyclic) bond motifs is 1. The van der Waals surface area contributed by atoms with Gasteiger partial charge in [0.15, 0.2) is 0 Å². The molecular formula is C32H27Cl3F2N6O5S. The summed E-state index contributed by atoms with van der Waals surface area (Å²) < 4.78 is 36.0. The zero-order valence-electron chi connectivity index (χ0n) is 25.9. The van der Waals surface area contributed by atoms with Crippen LogP contribution in [0.5, 0.6) is 5.75 Å². The number of halogens is 5. The van der Waals surface area contributed by atoms with Gasteiger partial charge in [0.05, 0.1) is 48.0 Å². The Bertz CT molecular complexity index is 2070. The van der Waals surface area contributed by atoms with E-state index in [2.05, 4.69) is 9.97 Å². The predicted octanol–water partition coefficient (Wildman–Crippen LogP) is 6.15. The molecule has 1 N–H and O–H groups in total. The monoisotopic (exact) mass is 750 g/mol. The number of hydrogen-bond donors (Lipinski definition) is 1. The van der Waals surface area contributed by atoms with Gasteiger partial charge in [-0.2, -0.15) is 8.78 Å². The molecule has 11 nitrogen and oxygen atoms in total. The van der Waals surface area contributed by atoms with Gasteiger partial charge in [-0.1, -0.05) is 53.2 Å². The van der Waals surface area contributed by atoms with Crippen LogP contribution in [0.2, 0.25) is 10.0 Å². The molecule has 2 aromatic heterocycles. The fourth-order valence-electron chi connectivity index (χ4n) is 5.64. The number of pyridine rings is 1. The van der Waals surface area contributed by atoms with Crippen molar-refractivity contribution in [2.75, 3.05) is 32.1 Å². The largest absolute Gasteiger partial charge is 0.497 e. The topological polar surface area (TPSA) is 121 Å². The number of H-pyrrole nitrogens is 1. The molecule has 6 rings (SSSR count). The number of benzene rings is 2. The summed E-state index contributed by atoms with van der Waals surface area (Å²) in [5.41, 5.74) is -2.07. The van der Waals surface area contributed by atoms with Gasteiger partial charge in [0.1, 0.15) is 17.0 Å². The first-order valence-electron chi connectivity index (χ1n) is 14.8. The molecule has 0 aliphatic carbocycles. The maximum atomic E-state index is 15.0. The molecule has 0 saturated carbocycles. The van der Waals surface area contributed by atoms with Crippen LogP contribution in [0.3, 0.4) is 0 Å². The lowest BCUT2D eigenvalue weighted by molar-refractivity contribution is 0.0733. The number of amides is 3. The number of aromatic amines is 1. The van der Waals surface area contributed by atoms with Crippen molar-refractivity contribution in [3.05, 3.63) is 107 Å². The van der Waals surface area contributed by atoms with E-state index in [-0.39, 0.29) is 62.7 Å². The molecule has 0 spiro atoms. The van der Waals surface area contributed by atoms with Crippen LogP contribution in [0.1, 0.15) is 39.3 Å². The Morgan fingerprint density at radius 1 is 1.06 bits per heavy atom. The Morgan fingerprint density at radius 3 is 2.41 bits per heavy atom. The van der Waals surface area contributed by atoms with Gasteiger partial charge in [0.25, 0.3) is 17.0 Å². The number of carbonyl (C=O) groups excluding carboxylic acids is 2. The Kier molecular flexibility index (Phi) is 9.68. The van der Waals surface area contributed by atoms with E-state index < -0.39 is 33.7 Å². The van der Waals surface area contributed by atoms with E-state index in [0.29, 0.717) is 30.8 Å². The lowest BCUT2D eigenvalue weighted by Gasteiger charge is -2.32. The molecule has 17 heteroatoms. The summed E-state index contributed by atoms with van der Waals surface area (Å²) in [6, 6.07) is 11.7. The number of anilines is 1. The van der Waals surface area contributed by atoms with Gasteiger partial charge in [0.2, 0.25) is 5.95 Å². The molecule has 0 radical (unpaired) electrons. The van der Waals surface area contributed by atoms with E-state index in [0.717, 1.165) is 22.4 Å². The molecule has 0 unspecified atom stereocenters. The molecule has 256 valence electrons. The quantitative estimate of drug-likeness (QED) is 0.215. The number of methoxy groups -OCH3 is 1. The first-order valence-corrected chi connectivity index (χ1v) is 16.8. The molecule has 2 aromatic carbocycles. The Morgan fingerprint density at radius 2 is 1.76 bits per heavy atom. The van der Waals surface area contributed by atoms with Crippen LogP contribution in [0.15, 0.2) is 67.9 Å². The number of urea groups is 1. The second-order valence-corrected chi connectivity index (χ2v) is 13.7. The van der Waals surface area contributed by atoms with Gasteiger partial charge < -0.3 is 19.1 Å². The summed E-state index contributed by atoms with van der Waals surface area (Å²) in [5.74, 6) is -0.304. The van der Waals surface area contributed by atoms with Crippen molar-refractivity contribution in [2.24, 2.45) is 0 Å². The molecule has 2 aliphatic rings. The molecule has 4 aromatic rings. The molecule has 4 heterocycles. The number of alkyl halides is 3. The third-order valence-corrected chi connectivity index (χ3v) is 10.4. The third-order valence-electron chi connectivity index (χ3n) is 8.15. The van der Waals surface area contributed by atoms with Crippen LogP contribution >= 0.6 is 46.6 Å². The second-order valence-electron chi connectivity index (χ2n) is 11.3. The van der Waals surface area contributed by atoms with Gasteiger partial charge in [-0.15, -0.1) is 0 Å². The van der Waals surface area contributed by atoms with Crippen LogP contribution in [0, 0.1) is 0 Å². The predicted molar refractivity (Wildman–Crippen MR) is 182 cm³/mol. The molecular weight excluding hydrogens is 725 g/mol. The summed E-state index contributed by atoms with van der Waals surface area (Å²) in [5, 5.41) is -3.70. The summed E-state index contributed by atoms with van der Waals surface area (Å²) >= 11 is 19.1. The van der Waals surface area contributed by atoms with Crippen molar-refractivity contribution in [1.82, 2.24) is 24.3 Å². The normalized spacial score (nSPS) is 14.8. The van der Waals surface area contributed by atoms with Crippen LogP contribution in [0.25, 0.3) is 0 Å². The first kappa shape index (κ1) is 34.7. The highest BCUT2D eigenvalue weighted by atomic mass is 35.5. The van der Waals surface area contributed by atoms with E-state index in [1.165, 1.54) is 33.9 Å². The smallest absolute Gasteiger partial charge is 0.363 e. The molecule has 1 fully saturated rings. The number of hydrogen-bond acceptors (Lipinski definition) is 7. The van der Waals surface area contributed by atoms with Crippen molar-refractivity contribution < 1.29 is 23.1 Å². The second kappa shape index (κ2) is 13.7. The Hall–Kier alpha value is -4.11.